The Morgan fingerprint density at radius 2 is 1.83 bits per heavy atom. The van der Waals surface area contributed by atoms with E-state index in [0.717, 1.165) is 10.5 Å². The SMILES string of the molecule is N#CC(C(=O)Nc1ccccc1)C(=O)c1nn(-c2cccc([N+](=O)[O-])c2)c2c1CSc1ccccc1-2. The van der Waals surface area contributed by atoms with E-state index in [-0.39, 0.29) is 11.4 Å². The lowest BCUT2D eigenvalue weighted by atomic mass is 9.97. The Kier molecular flexibility index (Phi) is 6.06. The van der Waals surface area contributed by atoms with Gasteiger partial charge in [0.05, 0.1) is 22.4 Å². The number of para-hydroxylation sites is 1. The highest BCUT2D eigenvalue weighted by atomic mass is 32.2. The number of anilines is 1. The van der Waals surface area contributed by atoms with Gasteiger partial charge in [0.25, 0.3) is 5.69 Å². The van der Waals surface area contributed by atoms with Crippen molar-refractivity contribution in [3.8, 4) is 23.0 Å². The molecule has 1 N–H and O–H groups in total. The summed E-state index contributed by atoms with van der Waals surface area (Å²) in [7, 11) is 0. The summed E-state index contributed by atoms with van der Waals surface area (Å²) in [6, 6.07) is 23.9. The number of nitriles is 1. The Morgan fingerprint density at radius 1 is 1.08 bits per heavy atom. The Bertz CT molecular complexity index is 1560. The number of amides is 1. The summed E-state index contributed by atoms with van der Waals surface area (Å²) in [6.45, 7) is 0. The number of carbonyl (C=O) groups excluding carboxylic acids is 2. The molecule has 0 radical (unpaired) electrons. The summed E-state index contributed by atoms with van der Waals surface area (Å²) in [5.41, 5.74) is 2.71. The molecule has 0 saturated carbocycles. The molecule has 1 aliphatic heterocycles. The number of nitrogens with one attached hydrogen (secondary N) is 1. The molecule has 4 aromatic rings. The second-order valence-electron chi connectivity index (χ2n) is 7.93. The third-order valence-electron chi connectivity index (χ3n) is 5.71. The summed E-state index contributed by atoms with van der Waals surface area (Å²) >= 11 is 1.51. The fraction of sp³-hybridized carbons (Fsp3) is 0.0769. The van der Waals surface area contributed by atoms with Crippen molar-refractivity contribution in [2.24, 2.45) is 5.92 Å². The van der Waals surface area contributed by atoms with Crippen LogP contribution >= 0.6 is 11.8 Å². The predicted octanol–water partition coefficient (Wildman–Crippen LogP) is 5.01. The van der Waals surface area contributed by atoms with Crippen molar-refractivity contribution in [2.45, 2.75) is 10.6 Å². The molecule has 1 aliphatic rings. The molecule has 5 rings (SSSR count). The minimum absolute atomic E-state index is 0.00623. The number of rotatable bonds is 6. The van der Waals surface area contributed by atoms with Crippen LogP contribution in [0, 0.1) is 27.4 Å². The first-order valence-corrected chi connectivity index (χ1v) is 11.8. The first kappa shape index (κ1) is 23.0. The number of Topliss-reactive ketones (excluding diaryl/α,β-unsaturated/α-hetero) is 1. The molecule has 1 amide bonds. The van der Waals surface area contributed by atoms with E-state index in [4.69, 9.17) is 0 Å². The Morgan fingerprint density at radius 3 is 2.58 bits per heavy atom. The Hall–Kier alpha value is -4.75. The molecule has 36 heavy (non-hydrogen) atoms. The Labute approximate surface area is 209 Å². The lowest BCUT2D eigenvalue weighted by Gasteiger charge is -2.18. The second-order valence-corrected chi connectivity index (χ2v) is 8.95. The predicted molar refractivity (Wildman–Crippen MR) is 134 cm³/mol. The number of carbonyl (C=O) groups is 2. The van der Waals surface area contributed by atoms with Gasteiger partial charge in [0, 0.05) is 39.6 Å². The number of thioether (sulfide) groups is 1. The van der Waals surface area contributed by atoms with E-state index in [1.807, 2.05) is 30.3 Å². The van der Waals surface area contributed by atoms with E-state index in [9.17, 15) is 25.0 Å². The quantitative estimate of drug-likeness (QED) is 0.172. The molecule has 9 nitrogen and oxygen atoms in total. The molecular formula is C26H17N5O4S. The van der Waals surface area contributed by atoms with Crippen LogP contribution in [0.2, 0.25) is 0 Å². The van der Waals surface area contributed by atoms with Gasteiger partial charge < -0.3 is 5.32 Å². The van der Waals surface area contributed by atoms with E-state index < -0.39 is 22.5 Å². The molecule has 2 heterocycles. The van der Waals surface area contributed by atoms with Gasteiger partial charge >= 0.3 is 0 Å². The maximum Gasteiger partial charge on any atom is 0.271 e. The molecule has 0 aliphatic carbocycles. The van der Waals surface area contributed by atoms with Crippen molar-refractivity contribution in [3.63, 3.8) is 0 Å². The van der Waals surface area contributed by atoms with E-state index in [1.54, 1.807) is 36.4 Å². The van der Waals surface area contributed by atoms with Crippen molar-refractivity contribution < 1.29 is 14.5 Å². The van der Waals surface area contributed by atoms with Crippen LogP contribution in [-0.4, -0.2) is 26.4 Å². The van der Waals surface area contributed by atoms with Gasteiger partial charge in [-0.25, -0.2) is 4.68 Å². The van der Waals surface area contributed by atoms with Crippen molar-refractivity contribution in [1.29, 1.82) is 5.26 Å². The smallest absolute Gasteiger partial charge is 0.271 e. The third kappa shape index (κ3) is 4.12. The second kappa shape index (κ2) is 9.48. The average molecular weight is 496 g/mol. The van der Waals surface area contributed by atoms with Crippen molar-refractivity contribution >= 4 is 34.8 Å². The van der Waals surface area contributed by atoms with Crippen molar-refractivity contribution in [2.75, 3.05) is 5.32 Å². The maximum absolute atomic E-state index is 13.5. The first-order chi connectivity index (χ1) is 17.5. The largest absolute Gasteiger partial charge is 0.325 e. The van der Waals surface area contributed by atoms with Crippen LogP contribution in [0.4, 0.5) is 11.4 Å². The minimum Gasteiger partial charge on any atom is -0.325 e. The zero-order chi connectivity index (χ0) is 25.2. The number of ketones is 1. The number of hydrogen-bond donors (Lipinski definition) is 1. The zero-order valence-corrected chi connectivity index (χ0v) is 19.4. The van der Waals surface area contributed by atoms with Crippen LogP contribution in [0.5, 0.6) is 0 Å². The van der Waals surface area contributed by atoms with Gasteiger partial charge in [-0.2, -0.15) is 10.4 Å². The number of fused-ring (bicyclic) bond motifs is 3. The molecule has 1 aromatic heterocycles. The van der Waals surface area contributed by atoms with E-state index in [1.165, 1.54) is 34.6 Å². The van der Waals surface area contributed by atoms with Gasteiger partial charge in [-0.1, -0.05) is 42.5 Å². The molecule has 1 unspecified atom stereocenters. The molecule has 1 atom stereocenters. The lowest BCUT2D eigenvalue weighted by Crippen LogP contribution is -2.29. The fourth-order valence-electron chi connectivity index (χ4n) is 4.03. The van der Waals surface area contributed by atoms with Crippen molar-refractivity contribution in [1.82, 2.24) is 9.78 Å². The summed E-state index contributed by atoms with van der Waals surface area (Å²) < 4.78 is 1.48. The average Bonchev–Trinajstić information content (AvgIpc) is 3.30. The van der Waals surface area contributed by atoms with Crippen LogP contribution in [0.25, 0.3) is 16.9 Å². The monoisotopic (exact) mass is 495 g/mol. The van der Waals surface area contributed by atoms with Gasteiger partial charge in [-0.3, -0.25) is 19.7 Å². The summed E-state index contributed by atoms with van der Waals surface area (Å²) in [5, 5.41) is 28.2. The highest BCUT2D eigenvalue weighted by molar-refractivity contribution is 7.98. The van der Waals surface area contributed by atoms with Gasteiger partial charge in [0.15, 0.2) is 5.92 Å². The van der Waals surface area contributed by atoms with Crippen LogP contribution in [0.1, 0.15) is 16.1 Å². The Balaban J connectivity index is 1.62. The number of benzene rings is 3. The standard InChI is InChI=1S/C26H17N5O4S/c27-14-20(26(33)28-16-7-2-1-3-8-16)25(32)23-21-15-36-22-12-5-4-11-19(22)24(21)30(29-23)17-9-6-10-18(13-17)31(34)35/h1-13,20H,15H2,(H,28,33). The van der Waals surface area contributed by atoms with Crippen LogP contribution in [0.15, 0.2) is 83.8 Å². The number of aromatic nitrogens is 2. The van der Waals surface area contributed by atoms with E-state index in [2.05, 4.69) is 10.4 Å². The molecule has 0 bridgehead atoms. The van der Waals surface area contributed by atoms with Gasteiger partial charge in [-0.05, 0) is 24.3 Å². The van der Waals surface area contributed by atoms with Gasteiger partial charge in [0.1, 0.15) is 5.69 Å². The topological polar surface area (TPSA) is 131 Å². The lowest BCUT2D eigenvalue weighted by molar-refractivity contribution is -0.384. The number of nitro benzene ring substituents is 1. The molecule has 3 aromatic carbocycles. The third-order valence-corrected chi connectivity index (χ3v) is 6.81. The van der Waals surface area contributed by atoms with Crippen LogP contribution < -0.4 is 5.32 Å². The number of nitrogens with zero attached hydrogens (tertiary/aromatic N) is 4. The highest BCUT2D eigenvalue weighted by Crippen LogP contribution is 2.44. The van der Waals surface area contributed by atoms with Gasteiger partial charge in [-0.15, -0.1) is 11.8 Å². The first-order valence-electron chi connectivity index (χ1n) is 10.9. The minimum atomic E-state index is -1.62. The molecule has 176 valence electrons. The normalized spacial score (nSPS) is 12.5. The number of non-ortho nitro benzene ring substituents is 1. The van der Waals surface area contributed by atoms with Gasteiger partial charge in [0.2, 0.25) is 11.7 Å². The van der Waals surface area contributed by atoms with Crippen LogP contribution in [0.3, 0.4) is 0 Å². The molecular weight excluding hydrogens is 478 g/mol. The highest BCUT2D eigenvalue weighted by Gasteiger charge is 2.35. The fourth-order valence-corrected chi connectivity index (χ4v) is 5.10. The molecule has 0 saturated heterocycles. The molecule has 0 fully saturated rings. The number of nitro groups is 1. The molecule has 0 spiro atoms. The van der Waals surface area contributed by atoms with Crippen molar-refractivity contribution in [3.05, 3.63) is 100 Å². The number of hydrogen-bond acceptors (Lipinski definition) is 7. The summed E-state index contributed by atoms with van der Waals surface area (Å²) in [4.78, 5) is 38.2. The zero-order valence-electron chi connectivity index (χ0n) is 18.6. The maximum atomic E-state index is 13.5. The summed E-state index contributed by atoms with van der Waals surface area (Å²) in [6.07, 6.45) is 0. The summed E-state index contributed by atoms with van der Waals surface area (Å²) in [5.74, 6) is -2.71. The van der Waals surface area contributed by atoms with Crippen LogP contribution in [-0.2, 0) is 10.5 Å². The van der Waals surface area contributed by atoms with E-state index in [0.29, 0.717) is 28.4 Å². The molecule has 10 heteroatoms. The van der Waals surface area contributed by atoms with E-state index >= 15 is 0 Å².